The maximum absolute atomic E-state index is 12.8. The van der Waals surface area contributed by atoms with Crippen LogP contribution in [0.15, 0.2) is 29.4 Å². The largest absolute Gasteiger partial charge is 0.449 e. The van der Waals surface area contributed by atoms with Crippen molar-refractivity contribution in [2.45, 2.75) is 26.8 Å². The molecule has 1 aromatic rings. The van der Waals surface area contributed by atoms with Gasteiger partial charge in [-0.25, -0.2) is 10.2 Å². The van der Waals surface area contributed by atoms with Crippen LogP contribution >= 0.6 is 11.8 Å². The van der Waals surface area contributed by atoms with Crippen LogP contribution in [0.25, 0.3) is 0 Å². The highest BCUT2D eigenvalue weighted by molar-refractivity contribution is 8.14. The molecule has 1 fully saturated rings. The first kappa shape index (κ1) is 21.7. The molecule has 0 saturated carbocycles. The number of hydrogen-bond acceptors (Lipinski definition) is 6. The Hall–Kier alpha value is -2.55. The van der Waals surface area contributed by atoms with Crippen molar-refractivity contribution in [1.29, 1.82) is 0 Å². The summed E-state index contributed by atoms with van der Waals surface area (Å²) in [6, 6.07) is 5.90. The number of nitrogens with zero attached hydrogens (tertiary/aromatic N) is 2. The van der Waals surface area contributed by atoms with Crippen LogP contribution in [0.3, 0.4) is 0 Å². The van der Waals surface area contributed by atoms with Gasteiger partial charge in [0, 0.05) is 19.3 Å². The van der Waals surface area contributed by atoms with E-state index in [1.165, 1.54) is 11.8 Å². The van der Waals surface area contributed by atoms with Gasteiger partial charge in [0.05, 0.1) is 6.61 Å². The lowest BCUT2D eigenvalue weighted by molar-refractivity contribution is -0.139. The number of amides is 2. The average Bonchev–Trinajstić information content (AvgIpc) is 3.07. The van der Waals surface area contributed by atoms with E-state index in [9.17, 15) is 14.4 Å². The molecule has 1 saturated heterocycles. The lowest BCUT2D eigenvalue weighted by Gasteiger charge is -2.19. The topological polar surface area (TPSA) is 100 Å². The summed E-state index contributed by atoms with van der Waals surface area (Å²) in [5.74, 6) is -0.691. The fraction of sp³-hybridized carbons (Fsp3) is 0.474. The summed E-state index contributed by atoms with van der Waals surface area (Å²) >= 11 is 1.49. The Bertz CT molecular complexity index is 766. The third-order valence-corrected chi connectivity index (χ3v) is 5.08. The number of amidine groups is 1. The van der Waals surface area contributed by atoms with Gasteiger partial charge >= 0.3 is 12.0 Å². The number of ether oxygens (including phenoxy) is 1. The van der Waals surface area contributed by atoms with Crippen molar-refractivity contribution < 1.29 is 19.1 Å². The molecule has 28 heavy (non-hydrogen) atoms. The molecule has 9 heteroatoms. The van der Waals surface area contributed by atoms with Crippen LogP contribution in [0.5, 0.6) is 0 Å². The van der Waals surface area contributed by atoms with Gasteiger partial charge in [-0.05, 0) is 24.0 Å². The molecule has 1 heterocycles. The van der Waals surface area contributed by atoms with E-state index in [4.69, 9.17) is 4.74 Å². The van der Waals surface area contributed by atoms with Crippen molar-refractivity contribution in [3.8, 4) is 0 Å². The van der Waals surface area contributed by atoms with Crippen LogP contribution in [0, 0.1) is 12.8 Å². The van der Waals surface area contributed by atoms with Crippen molar-refractivity contribution in [2.75, 3.05) is 26.0 Å². The maximum atomic E-state index is 12.8. The summed E-state index contributed by atoms with van der Waals surface area (Å²) in [4.78, 5) is 39.2. The van der Waals surface area contributed by atoms with Crippen LogP contribution in [0.4, 0.5) is 4.79 Å². The van der Waals surface area contributed by atoms with E-state index >= 15 is 0 Å². The molecule has 1 aliphatic heterocycles. The lowest BCUT2D eigenvalue weighted by Crippen LogP contribution is -2.41. The fourth-order valence-electron chi connectivity index (χ4n) is 2.48. The van der Waals surface area contributed by atoms with Gasteiger partial charge in [0.25, 0.3) is 0 Å². The molecule has 8 nitrogen and oxygen atoms in total. The Labute approximate surface area is 169 Å². The first-order chi connectivity index (χ1) is 13.3. The van der Waals surface area contributed by atoms with E-state index in [1.807, 2.05) is 31.9 Å². The maximum Gasteiger partial charge on any atom is 0.408 e. The molecule has 1 aliphatic rings. The Morgan fingerprint density at radius 1 is 1.29 bits per heavy atom. The summed E-state index contributed by atoms with van der Waals surface area (Å²) in [6.45, 7) is 6.65. The van der Waals surface area contributed by atoms with Crippen molar-refractivity contribution in [3.63, 3.8) is 0 Å². The van der Waals surface area contributed by atoms with Gasteiger partial charge in [-0.1, -0.05) is 49.9 Å². The van der Waals surface area contributed by atoms with Crippen LogP contribution in [-0.2, 0) is 14.3 Å². The second-order valence-electron chi connectivity index (χ2n) is 6.90. The molecule has 152 valence electrons. The second-order valence-corrected chi connectivity index (χ2v) is 7.96. The summed E-state index contributed by atoms with van der Waals surface area (Å²) in [5, 5.41) is 7.15. The molecule has 1 unspecified atom stereocenters. The third-order valence-electron chi connectivity index (χ3n) is 4.03. The number of Topliss-reactive ketones (excluding diaryl/α,β-unsaturated/α-hetero) is 1. The molecule has 2 N–H and O–H groups in total. The Morgan fingerprint density at radius 3 is 2.61 bits per heavy atom. The van der Waals surface area contributed by atoms with Gasteiger partial charge in [0.2, 0.25) is 5.78 Å². The van der Waals surface area contributed by atoms with E-state index in [-0.39, 0.29) is 12.5 Å². The zero-order valence-electron chi connectivity index (χ0n) is 16.5. The summed E-state index contributed by atoms with van der Waals surface area (Å²) in [6.07, 6.45) is -0.750. The van der Waals surface area contributed by atoms with E-state index < -0.39 is 23.8 Å². The average molecular weight is 407 g/mol. The minimum absolute atomic E-state index is 0.151. The molecule has 0 bridgehead atoms. The highest BCUT2D eigenvalue weighted by atomic mass is 32.2. The SMILES string of the molecule is Cc1ccccc1C(NC(=O)OCC(C)C)C(=O)C(=O)NN=C1SCCN1C. The number of benzene rings is 1. The van der Waals surface area contributed by atoms with Gasteiger partial charge in [0.1, 0.15) is 6.04 Å². The molecule has 0 aromatic heterocycles. The first-order valence-corrected chi connectivity index (χ1v) is 10.0. The minimum atomic E-state index is -1.16. The minimum Gasteiger partial charge on any atom is -0.449 e. The number of alkyl carbamates (subject to hydrolysis) is 1. The van der Waals surface area contributed by atoms with Crippen LogP contribution in [0.2, 0.25) is 0 Å². The van der Waals surface area contributed by atoms with Crippen molar-refractivity contribution in [1.82, 2.24) is 15.6 Å². The summed E-state index contributed by atoms with van der Waals surface area (Å²) in [7, 11) is 1.86. The smallest absolute Gasteiger partial charge is 0.408 e. The molecule has 2 rings (SSSR count). The van der Waals surface area contributed by atoms with Gasteiger partial charge in [-0.3, -0.25) is 9.59 Å². The molecule has 2 amide bonds. The van der Waals surface area contributed by atoms with E-state index in [2.05, 4.69) is 15.8 Å². The van der Waals surface area contributed by atoms with Gasteiger partial charge in [-0.2, -0.15) is 0 Å². The monoisotopic (exact) mass is 406 g/mol. The van der Waals surface area contributed by atoms with Gasteiger partial charge < -0.3 is 15.0 Å². The van der Waals surface area contributed by atoms with Gasteiger partial charge in [0.15, 0.2) is 5.17 Å². The van der Waals surface area contributed by atoms with Crippen LogP contribution in [-0.4, -0.2) is 53.8 Å². The molecule has 1 atom stereocenters. The van der Waals surface area contributed by atoms with E-state index in [0.717, 1.165) is 17.9 Å². The molecular weight excluding hydrogens is 380 g/mol. The van der Waals surface area contributed by atoms with Crippen molar-refractivity contribution in [3.05, 3.63) is 35.4 Å². The van der Waals surface area contributed by atoms with E-state index in [1.54, 1.807) is 25.1 Å². The van der Waals surface area contributed by atoms with Crippen molar-refractivity contribution >= 4 is 34.7 Å². The molecule has 0 aliphatic carbocycles. The number of nitrogens with one attached hydrogen (secondary N) is 2. The number of carbonyl (C=O) groups is 3. The Morgan fingerprint density at radius 2 is 2.00 bits per heavy atom. The second kappa shape index (κ2) is 10.1. The summed E-state index contributed by atoms with van der Waals surface area (Å²) < 4.78 is 5.11. The standard InChI is InChI=1S/C19H26N4O4S/c1-12(2)11-27-19(26)20-15(14-8-6-5-7-13(14)3)16(24)17(25)21-22-18-23(4)9-10-28-18/h5-8,12,15H,9-11H2,1-4H3,(H,20,26)(H,21,25). The lowest BCUT2D eigenvalue weighted by atomic mass is 9.98. The molecular formula is C19H26N4O4S. The predicted octanol–water partition coefficient (Wildman–Crippen LogP) is 2.05. The van der Waals surface area contributed by atoms with Crippen molar-refractivity contribution in [2.24, 2.45) is 11.0 Å². The zero-order chi connectivity index (χ0) is 20.7. The molecule has 1 aromatic carbocycles. The Balaban J connectivity index is 2.15. The number of thioether (sulfide) groups is 1. The third kappa shape index (κ3) is 5.98. The van der Waals surface area contributed by atoms with Crippen LogP contribution in [0.1, 0.15) is 31.0 Å². The Kier molecular flexibility index (Phi) is 7.86. The summed E-state index contributed by atoms with van der Waals surface area (Å²) in [5.41, 5.74) is 3.60. The number of ketones is 1. The first-order valence-electron chi connectivity index (χ1n) is 9.04. The molecule has 0 radical (unpaired) electrons. The number of hydrazone groups is 1. The number of rotatable bonds is 7. The number of hydrogen-bond donors (Lipinski definition) is 2. The quantitative estimate of drug-likeness (QED) is 0.531. The van der Waals surface area contributed by atoms with Gasteiger partial charge in [-0.15, -0.1) is 5.10 Å². The number of carbonyl (C=O) groups excluding carboxylic acids is 3. The highest BCUT2D eigenvalue weighted by Gasteiger charge is 2.30. The normalized spacial score (nSPS) is 16.2. The highest BCUT2D eigenvalue weighted by Crippen LogP contribution is 2.19. The molecule has 0 spiro atoms. The van der Waals surface area contributed by atoms with E-state index in [0.29, 0.717) is 10.7 Å². The predicted molar refractivity (Wildman–Crippen MR) is 109 cm³/mol. The van der Waals surface area contributed by atoms with Crippen LogP contribution < -0.4 is 10.7 Å². The zero-order valence-corrected chi connectivity index (χ0v) is 17.3. The number of aryl methyl sites for hydroxylation is 1. The fourth-order valence-corrected chi connectivity index (χ4v) is 3.45.